The first-order valence-electron chi connectivity index (χ1n) is 0.667. The summed E-state index contributed by atoms with van der Waals surface area (Å²) in [5.41, 5.74) is 0. The van der Waals surface area contributed by atoms with Gasteiger partial charge in [0, 0.05) is 0 Å². The molecular formula is H2CrO6Zn2. The molecule has 0 aromatic heterocycles. The molecule has 2 N–H and O–H groups in total. The molecule has 0 aromatic carbocycles. The predicted octanol–water partition coefficient (Wildman–Crippen LogP) is -2.98. The van der Waals surface area contributed by atoms with Crippen molar-refractivity contribution in [2.75, 3.05) is 0 Å². The maximum Gasteiger partial charge on any atom is 2.00 e. The molecule has 0 aliphatic heterocycles. The van der Waals surface area contributed by atoms with Gasteiger partial charge in [0.15, 0.2) is 0 Å². The molecular weight excluding hydrogens is 279 g/mol. The van der Waals surface area contributed by atoms with Gasteiger partial charge in [0.05, 0.1) is 0 Å². The van der Waals surface area contributed by atoms with Gasteiger partial charge in [-0.25, -0.2) is 0 Å². The second kappa shape index (κ2) is 12.0. The molecule has 0 amide bonds. The van der Waals surface area contributed by atoms with Crippen molar-refractivity contribution in [3.05, 3.63) is 0 Å². The van der Waals surface area contributed by atoms with Crippen LogP contribution in [-0.4, -0.2) is 11.0 Å². The maximum absolute atomic E-state index is 8.59. The van der Waals surface area contributed by atoms with E-state index in [1.54, 1.807) is 0 Å². The third kappa shape index (κ3) is 323. The molecule has 0 aliphatic carbocycles. The first-order valence-corrected chi connectivity index (χ1v) is 2.75. The predicted molar refractivity (Wildman–Crippen MR) is 5.24 cm³/mol. The standard InChI is InChI=1S/Cr.2H2O.4O.2Zn/h;2*1H2;;;;;;/q;;;;;2*-1;2*+2/p-2. The summed E-state index contributed by atoms with van der Waals surface area (Å²) in [6.07, 6.45) is 0. The molecule has 0 bridgehead atoms. The van der Waals surface area contributed by atoms with Gasteiger partial charge in [0.2, 0.25) is 0 Å². The molecule has 6 nitrogen and oxygen atoms in total. The van der Waals surface area contributed by atoms with Gasteiger partial charge in [-0.05, 0) is 0 Å². The Morgan fingerprint density at radius 3 is 0.889 bits per heavy atom. The van der Waals surface area contributed by atoms with Crippen molar-refractivity contribution in [2.24, 2.45) is 0 Å². The fourth-order valence-corrected chi connectivity index (χ4v) is 0. The molecule has 9 heteroatoms. The third-order valence-corrected chi connectivity index (χ3v) is 0. The van der Waals surface area contributed by atoms with Crippen molar-refractivity contribution in [1.29, 1.82) is 0 Å². The molecule has 48 valence electrons. The zero-order valence-electron chi connectivity index (χ0n) is 4.35. The van der Waals surface area contributed by atoms with Crippen molar-refractivity contribution >= 4 is 0 Å². The summed E-state index contributed by atoms with van der Waals surface area (Å²) in [5, 5.41) is 0. The second-order valence-corrected chi connectivity index (χ2v) is 1.68. The van der Waals surface area contributed by atoms with E-state index in [1.165, 1.54) is 0 Å². The van der Waals surface area contributed by atoms with Crippen LogP contribution in [0.1, 0.15) is 0 Å². The van der Waals surface area contributed by atoms with Crippen LogP contribution in [0.4, 0.5) is 0 Å². The Hall–Kier alpha value is 1.22. The van der Waals surface area contributed by atoms with Crippen molar-refractivity contribution in [1.82, 2.24) is 0 Å². The van der Waals surface area contributed by atoms with E-state index >= 15 is 0 Å². The van der Waals surface area contributed by atoms with E-state index in [9.17, 15) is 0 Å². The zero-order chi connectivity index (χ0) is 4.50. The first kappa shape index (κ1) is 31.9. The Morgan fingerprint density at radius 1 is 0.889 bits per heavy atom. The smallest absolute Gasteiger partial charge is 2.00 e. The minimum absolute atomic E-state index is 0. The average molecular weight is 281 g/mol. The minimum Gasteiger partial charge on any atom is 2.00 e. The molecule has 9 heavy (non-hydrogen) atoms. The SMILES string of the molecule is [OH-].[OH-].[O]=[Cr](=[O])([O-])[O-].[Zn+2].[Zn+2]. The summed E-state index contributed by atoms with van der Waals surface area (Å²) in [5.74, 6) is 0. The van der Waals surface area contributed by atoms with Gasteiger partial charge in [-0.15, -0.1) is 0 Å². The average Bonchev–Trinajstić information content (AvgIpc) is 0.722. The van der Waals surface area contributed by atoms with E-state index in [-0.39, 0.29) is 49.9 Å². The van der Waals surface area contributed by atoms with Gasteiger partial charge in [-0.2, -0.15) is 0 Å². The van der Waals surface area contributed by atoms with E-state index < -0.39 is 13.6 Å². The molecule has 0 radical (unpaired) electrons. The maximum atomic E-state index is 8.59. The number of hydrogen-bond acceptors (Lipinski definition) is 6. The van der Waals surface area contributed by atoms with Crippen LogP contribution in [0.2, 0.25) is 0 Å². The summed E-state index contributed by atoms with van der Waals surface area (Å²) < 4.78 is 34.4. The molecule has 0 atom stereocenters. The summed E-state index contributed by atoms with van der Waals surface area (Å²) in [7, 11) is 0. The molecule has 0 rings (SSSR count). The van der Waals surface area contributed by atoms with Crippen LogP contribution < -0.4 is 8.32 Å². The van der Waals surface area contributed by atoms with Gasteiger partial charge in [-0.3, -0.25) is 0 Å². The zero-order valence-corrected chi connectivity index (χ0v) is 11.6. The third-order valence-electron chi connectivity index (χ3n) is 0. The van der Waals surface area contributed by atoms with Crippen LogP contribution in [0, 0.1) is 0 Å². The Bertz CT molecular complexity index is 94.2. The summed E-state index contributed by atoms with van der Waals surface area (Å²) >= 11 is -5.75. The largest absolute Gasteiger partial charge is 2.00 e. The van der Waals surface area contributed by atoms with Crippen LogP contribution >= 0.6 is 0 Å². The van der Waals surface area contributed by atoms with Gasteiger partial charge in [-0.1, -0.05) is 0 Å². The minimum atomic E-state index is -5.75. The molecule has 0 saturated heterocycles. The van der Waals surface area contributed by atoms with Crippen LogP contribution in [0.25, 0.3) is 0 Å². The van der Waals surface area contributed by atoms with Gasteiger partial charge < -0.3 is 11.0 Å². The number of hydrogen-bond donors (Lipinski definition) is 0. The van der Waals surface area contributed by atoms with E-state index in [0.29, 0.717) is 0 Å². The Labute approximate surface area is 79.2 Å². The van der Waals surface area contributed by atoms with E-state index in [2.05, 4.69) is 0 Å². The van der Waals surface area contributed by atoms with Gasteiger partial charge in [0.1, 0.15) is 0 Å². The summed E-state index contributed by atoms with van der Waals surface area (Å²) in [4.78, 5) is 0. The Kier molecular flexibility index (Phi) is 42.3. The molecule has 0 saturated carbocycles. The molecule has 0 unspecified atom stereocenters. The Morgan fingerprint density at radius 2 is 0.889 bits per heavy atom. The van der Waals surface area contributed by atoms with Crippen LogP contribution in [0.5, 0.6) is 0 Å². The topological polar surface area (TPSA) is 140 Å². The van der Waals surface area contributed by atoms with Crippen LogP contribution in [-0.2, 0) is 60.2 Å². The van der Waals surface area contributed by atoms with E-state index in [0.717, 1.165) is 0 Å². The first-order chi connectivity index (χ1) is 2.00. The van der Waals surface area contributed by atoms with Crippen molar-refractivity contribution in [2.45, 2.75) is 0 Å². The van der Waals surface area contributed by atoms with Gasteiger partial charge in [0.25, 0.3) is 0 Å². The van der Waals surface area contributed by atoms with Crippen LogP contribution in [0.15, 0.2) is 0 Å². The fraction of sp³-hybridized carbons (Fsp3) is 0. The van der Waals surface area contributed by atoms with Crippen molar-refractivity contribution < 1.29 is 79.4 Å². The van der Waals surface area contributed by atoms with E-state index in [1.807, 2.05) is 0 Å². The fourth-order valence-electron chi connectivity index (χ4n) is 0. The molecule has 0 heterocycles. The molecule has 0 aliphatic rings. The summed E-state index contributed by atoms with van der Waals surface area (Å²) in [6, 6.07) is 0. The Balaban J connectivity index is -0.0000000133. The monoisotopic (exact) mass is 278 g/mol. The molecule has 0 fully saturated rings. The van der Waals surface area contributed by atoms with Gasteiger partial charge >= 0.3 is 68.5 Å². The second-order valence-electron chi connectivity index (χ2n) is 0.408. The van der Waals surface area contributed by atoms with Crippen molar-refractivity contribution in [3.63, 3.8) is 0 Å². The molecule has 0 spiro atoms. The normalized spacial score (nSPS) is 6.44. The van der Waals surface area contributed by atoms with Crippen molar-refractivity contribution in [3.8, 4) is 0 Å². The summed E-state index contributed by atoms with van der Waals surface area (Å²) in [6.45, 7) is 0. The van der Waals surface area contributed by atoms with Crippen LogP contribution in [0.3, 0.4) is 0 Å². The number of rotatable bonds is 0. The quantitative estimate of drug-likeness (QED) is 0.434. The molecule has 0 aromatic rings. The van der Waals surface area contributed by atoms with E-state index in [4.69, 9.17) is 15.9 Å².